The normalized spacial score (nSPS) is 28.7. The first kappa shape index (κ1) is 46.9. The minimum Gasteiger partial charge on any atom is -0.465 e. The van der Waals surface area contributed by atoms with Gasteiger partial charge in [0.25, 0.3) is 0 Å². The van der Waals surface area contributed by atoms with Gasteiger partial charge in [-0.15, -0.1) is 0 Å². The van der Waals surface area contributed by atoms with Crippen LogP contribution < -0.4 is 0 Å². The van der Waals surface area contributed by atoms with E-state index in [1.807, 2.05) is 0 Å². The van der Waals surface area contributed by atoms with Crippen molar-refractivity contribution in [2.24, 2.45) is 34.0 Å². The molecular formula is C50H84N2O6. The summed E-state index contributed by atoms with van der Waals surface area (Å²) in [6.45, 7) is 15.0. The Balaban J connectivity index is 0.997. The molecule has 0 aromatic carbocycles. The van der Waals surface area contributed by atoms with Crippen LogP contribution in [0.4, 0.5) is 0 Å². The molecular weight excluding hydrogens is 725 g/mol. The van der Waals surface area contributed by atoms with Gasteiger partial charge in [0.05, 0.1) is 18.3 Å². The first-order chi connectivity index (χ1) is 28.0. The fraction of sp³-hybridized carbons (Fsp3) is 0.860. The van der Waals surface area contributed by atoms with E-state index >= 15 is 0 Å². The van der Waals surface area contributed by atoms with E-state index in [0.717, 1.165) is 103 Å². The molecule has 2 saturated heterocycles. The van der Waals surface area contributed by atoms with Crippen molar-refractivity contribution in [3.63, 3.8) is 0 Å². The Bertz CT molecular complexity index is 1290. The molecule has 2 aliphatic heterocycles. The van der Waals surface area contributed by atoms with Gasteiger partial charge in [-0.2, -0.15) is 0 Å². The fourth-order valence-electron chi connectivity index (χ4n) is 12.6. The van der Waals surface area contributed by atoms with E-state index in [1.54, 1.807) is 0 Å². The SMILES string of the molecule is CCCCC/C=C\C/C=C\CCCCCCCCC(=O)OCC(COC(=O)CC12CC3CC(C)(CC(C)(C3)C1)C2)COC(=O)C1CCN(C2CCN(CC)CC2)CC1. The molecule has 2 heterocycles. The summed E-state index contributed by atoms with van der Waals surface area (Å²) < 4.78 is 17.6. The van der Waals surface area contributed by atoms with E-state index in [0.29, 0.717) is 29.7 Å². The minimum atomic E-state index is -0.372. The van der Waals surface area contributed by atoms with Gasteiger partial charge in [-0.1, -0.05) is 90.5 Å². The second-order valence-electron chi connectivity index (χ2n) is 20.5. The van der Waals surface area contributed by atoms with Crippen molar-refractivity contribution in [2.75, 3.05) is 52.5 Å². The van der Waals surface area contributed by atoms with Crippen LogP contribution in [0.25, 0.3) is 0 Å². The van der Waals surface area contributed by atoms with Gasteiger partial charge in [0.2, 0.25) is 0 Å². The van der Waals surface area contributed by atoms with E-state index in [-0.39, 0.29) is 55.0 Å². The Hall–Kier alpha value is -2.19. The Morgan fingerprint density at radius 3 is 1.86 bits per heavy atom. The molecule has 0 amide bonds. The van der Waals surface area contributed by atoms with Crippen molar-refractivity contribution >= 4 is 17.9 Å². The average Bonchev–Trinajstić information content (AvgIpc) is 3.18. The molecule has 6 fully saturated rings. The molecule has 6 aliphatic rings. The van der Waals surface area contributed by atoms with Crippen molar-refractivity contribution in [1.29, 1.82) is 0 Å². The highest BCUT2D eigenvalue weighted by atomic mass is 16.6. The van der Waals surface area contributed by atoms with Gasteiger partial charge in [-0.3, -0.25) is 14.4 Å². The first-order valence-electron chi connectivity index (χ1n) is 24.3. The number of hydrogen-bond donors (Lipinski definition) is 0. The summed E-state index contributed by atoms with van der Waals surface area (Å²) in [5, 5.41) is 0. The van der Waals surface area contributed by atoms with E-state index in [1.165, 1.54) is 77.0 Å². The Morgan fingerprint density at radius 2 is 1.24 bits per heavy atom. The third-order valence-electron chi connectivity index (χ3n) is 14.6. The van der Waals surface area contributed by atoms with Crippen LogP contribution in [0, 0.1) is 34.0 Å². The predicted octanol–water partition coefficient (Wildman–Crippen LogP) is 11.0. The zero-order valence-electron chi connectivity index (χ0n) is 37.6. The summed E-state index contributed by atoms with van der Waals surface area (Å²) in [5.74, 6) is -0.311. The molecule has 0 aromatic rings. The number of piperidine rings is 2. The lowest BCUT2D eigenvalue weighted by atomic mass is 9.40. The van der Waals surface area contributed by atoms with Gasteiger partial charge in [-0.05, 0) is 158 Å². The largest absolute Gasteiger partial charge is 0.465 e. The van der Waals surface area contributed by atoms with Gasteiger partial charge in [0.15, 0.2) is 0 Å². The van der Waals surface area contributed by atoms with Crippen molar-refractivity contribution < 1.29 is 28.6 Å². The lowest BCUT2D eigenvalue weighted by molar-refractivity contribution is -0.170. The maximum absolute atomic E-state index is 13.5. The van der Waals surface area contributed by atoms with E-state index in [2.05, 4.69) is 61.8 Å². The van der Waals surface area contributed by atoms with Crippen molar-refractivity contribution in [3.8, 4) is 0 Å². The lowest BCUT2D eigenvalue weighted by Gasteiger charge is -2.65. The highest BCUT2D eigenvalue weighted by Crippen LogP contribution is 2.70. The highest BCUT2D eigenvalue weighted by Gasteiger charge is 2.60. The highest BCUT2D eigenvalue weighted by molar-refractivity contribution is 5.72. The summed E-state index contributed by atoms with van der Waals surface area (Å²) >= 11 is 0. The number of nitrogens with zero attached hydrogens (tertiary/aromatic N) is 2. The van der Waals surface area contributed by atoms with Crippen molar-refractivity contribution in [2.45, 2.75) is 188 Å². The lowest BCUT2D eigenvalue weighted by Crippen LogP contribution is -2.55. The van der Waals surface area contributed by atoms with Crippen molar-refractivity contribution in [1.82, 2.24) is 9.80 Å². The topological polar surface area (TPSA) is 85.4 Å². The third kappa shape index (κ3) is 15.4. The standard InChI is InChI=1S/C50H84N2O6/c1-5-7-8-9-10-11-12-13-14-15-16-17-18-19-20-21-22-45(53)56-35-42(36-57-46(54)34-50-33-41-31-48(3,39-50)38-49(4,32-41)40-50)37-58-47(55)43-23-29-52(30-24-43)44-25-27-51(6-2)28-26-44/h10-11,13-14,41-44H,5-9,12,15-40H2,1-4H3/b11-10-,14-13-. The molecule has 0 radical (unpaired) electrons. The monoisotopic (exact) mass is 809 g/mol. The number of likely N-dealkylation sites (tertiary alicyclic amines) is 2. The first-order valence-corrected chi connectivity index (χ1v) is 24.3. The maximum Gasteiger partial charge on any atom is 0.309 e. The van der Waals surface area contributed by atoms with Crippen LogP contribution >= 0.6 is 0 Å². The average molecular weight is 809 g/mol. The predicted molar refractivity (Wildman–Crippen MR) is 234 cm³/mol. The summed E-state index contributed by atoms with van der Waals surface area (Å²) in [6.07, 6.45) is 35.2. The van der Waals surface area contributed by atoms with E-state index < -0.39 is 0 Å². The van der Waals surface area contributed by atoms with Crippen LogP contribution in [0.1, 0.15) is 182 Å². The third-order valence-corrected chi connectivity index (χ3v) is 14.6. The molecule has 58 heavy (non-hydrogen) atoms. The Labute approximate surface area is 354 Å². The summed E-state index contributed by atoms with van der Waals surface area (Å²) in [6, 6.07) is 0.618. The van der Waals surface area contributed by atoms with Crippen LogP contribution in [-0.4, -0.2) is 86.3 Å². The van der Waals surface area contributed by atoms with Crippen LogP contribution in [0.15, 0.2) is 24.3 Å². The van der Waals surface area contributed by atoms with Gasteiger partial charge in [-0.25, -0.2) is 0 Å². The van der Waals surface area contributed by atoms with Crippen LogP contribution in [-0.2, 0) is 28.6 Å². The zero-order valence-corrected chi connectivity index (χ0v) is 37.6. The van der Waals surface area contributed by atoms with Crippen molar-refractivity contribution in [3.05, 3.63) is 24.3 Å². The molecule has 330 valence electrons. The molecule has 4 saturated carbocycles. The smallest absolute Gasteiger partial charge is 0.309 e. The zero-order chi connectivity index (χ0) is 41.3. The molecule has 6 rings (SSSR count). The number of esters is 3. The molecule has 0 spiro atoms. The molecule has 8 heteroatoms. The molecule has 3 atom stereocenters. The number of carbonyl (C=O) groups excluding carboxylic acids is 3. The molecule has 4 aliphatic carbocycles. The quantitative estimate of drug-likeness (QED) is 0.0370. The minimum absolute atomic E-state index is 0.0398. The van der Waals surface area contributed by atoms with Gasteiger partial charge >= 0.3 is 17.9 Å². The van der Waals surface area contributed by atoms with E-state index in [9.17, 15) is 14.4 Å². The molecule has 0 N–H and O–H groups in total. The number of carbonyl (C=O) groups is 3. The number of ether oxygens (including phenoxy) is 3. The van der Waals surface area contributed by atoms with Crippen LogP contribution in [0.2, 0.25) is 0 Å². The molecule has 3 unspecified atom stereocenters. The number of unbranched alkanes of at least 4 members (excludes halogenated alkanes) is 9. The van der Waals surface area contributed by atoms with Gasteiger partial charge < -0.3 is 24.0 Å². The van der Waals surface area contributed by atoms with Gasteiger partial charge in [0.1, 0.15) is 19.8 Å². The summed E-state index contributed by atoms with van der Waals surface area (Å²) in [4.78, 5) is 44.8. The summed E-state index contributed by atoms with van der Waals surface area (Å²) in [5.41, 5.74) is 0.715. The van der Waals surface area contributed by atoms with Crippen LogP contribution in [0.5, 0.6) is 0 Å². The number of allylic oxidation sites excluding steroid dienone is 4. The van der Waals surface area contributed by atoms with Crippen LogP contribution in [0.3, 0.4) is 0 Å². The number of hydrogen-bond acceptors (Lipinski definition) is 8. The molecule has 0 aromatic heterocycles. The van der Waals surface area contributed by atoms with Gasteiger partial charge in [0, 0.05) is 12.5 Å². The molecule has 8 nitrogen and oxygen atoms in total. The maximum atomic E-state index is 13.5. The Kier molecular flexibility index (Phi) is 19.2. The van der Waals surface area contributed by atoms with E-state index in [4.69, 9.17) is 14.2 Å². The number of rotatable bonds is 26. The summed E-state index contributed by atoms with van der Waals surface area (Å²) in [7, 11) is 0. The molecule has 4 bridgehead atoms. The second-order valence-corrected chi connectivity index (χ2v) is 20.5. The second kappa shape index (κ2) is 23.7. The fourth-order valence-corrected chi connectivity index (χ4v) is 12.6. The Morgan fingerprint density at radius 1 is 0.655 bits per heavy atom.